The second kappa shape index (κ2) is 30.8. The summed E-state index contributed by atoms with van der Waals surface area (Å²) in [5, 5.41) is 19.5. The third kappa shape index (κ3) is 29.1. The van der Waals surface area contributed by atoms with Crippen molar-refractivity contribution in [2.45, 2.75) is 148 Å². The molecule has 0 bridgehead atoms. The summed E-state index contributed by atoms with van der Waals surface area (Å²) in [6.07, 6.45) is 33.4. The monoisotopic (exact) mass is 576 g/mol. The van der Waals surface area contributed by atoms with Gasteiger partial charge in [0, 0.05) is 12.8 Å². The lowest BCUT2D eigenvalue weighted by Gasteiger charge is -2.16. The molecular weight excluding hydrogens is 516 g/mol. The molecule has 0 fully saturated rings. The molecule has 236 valence electrons. The summed E-state index contributed by atoms with van der Waals surface area (Å²) in [6, 6.07) is 0. The molecule has 6 heteroatoms. The summed E-state index contributed by atoms with van der Waals surface area (Å²) in [5.74, 6) is -0.801. The summed E-state index contributed by atoms with van der Waals surface area (Å²) in [7, 11) is 0. The van der Waals surface area contributed by atoms with Crippen molar-refractivity contribution in [2.75, 3.05) is 13.2 Å². The average Bonchev–Trinajstić information content (AvgIpc) is 2.96. The molecule has 0 radical (unpaired) electrons. The number of ether oxygens (including phenoxy) is 2. The van der Waals surface area contributed by atoms with E-state index in [9.17, 15) is 19.8 Å². The number of unbranched alkanes of at least 4 members (excludes halogenated alkanes) is 11. The third-order valence-corrected chi connectivity index (χ3v) is 6.73. The molecule has 0 saturated heterocycles. The Labute approximate surface area is 251 Å². The van der Waals surface area contributed by atoms with E-state index in [2.05, 4.69) is 38.2 Å². The van der Waals surface area contributed by atoms with Crippen LogP contribution in [0.3, 0.4) is 0 Å². The van der Waals surface area contributed by atoms with Crippen LogP contribution < -0.4 is 0 Å². The van der Waals surface area contributed by atoms with Gasteiger partial charge >= 0.3 is 11.9 Å². The molecule has 0 rings (SSSR count). The second-order valence-electron chi connectivity index (χ2n) is 10.7. The Morgan fingerprint density at radius 1 is 0.683 bits per heavy atom. The fourth-order valence-electron chi connectivity index (χ4n) is 4.18. The molecule has 2 N–H and O–H groups in total. The predicted molar refractivity (Wildman–Crippen MR) is 170 cm³/mol. The number of aliphatic hydroxyl groups is 2. The Hall–Kier alpha value is -2.18. The fraction of sp³-hybridized carbons (Fsp3) is 0.714. The first-order valence-electron chi connectivity index (χ1n) is 16.3. The van der Waals surface area contributed by atoms with Gasteiger partial charge in [-0.1, -0.05) is 127 Å². The molecule has 0 aromatic rings. The maximum atomic E-state index is 12.0. The highest BCUT2D eigenvalue weighted by Gasteiger charge is 2.16. The van der Waals surface area contributed by atoms with Crippen molar-refractivity contribution in [3.05, 3.63) is 48.6 Å². The number of hydrogen-bond donors (Lipinski definition) is 2. The standard InChI is InChI=1S/C35H60O6/c1-3-5-7-9-11-13-14-15-16-18-19-21-23-26-32(37)27-25-29-34(38)40-31-33(30-36)41-35(39)28-24-22-20-17-12-10-8-6-4-2/h11,13,15-16,19,21,23,26,32-33,36-37H,3-10,12,14,17-18,20,22,24-25,27-31H2,1-2H3/b13-11-,16-15-,21-19-,26-23+/t32-,33+/m1/s1. The summed E-state index contributed by atoms with van der Waals surface area (Å²) < 4.78 is 10.4. The molecule has 2 atom stereocenters. The predicted octanol–water partition coefficient (Wildman–Crippen LogP) is 8.47. The van der Waals surface area contributed by atoms with Crippen LogP contribution in [0.1, 0.15) is 136 Å². The van der Waals surface area contributed by atoms with E-state index in [4.69, 9.17) is 9.47 Å². The number of carbonyl (C=O) groups is 2. The second-order valence-corrected chi connectivity index (χ2v) is 10.7. The first kappa shape index (κ1) is 38.8. The quantitative estimate of drug-likeness (QED) is 0.0420. The van der Waals surface area contributed by atoms with Crippen LogP contribution in [0.2, 0.25) is 0 Å². The van der Waals surface area contributed by atoms with Crippen molar-refractivity contribution in [1.82, 2.24) is 0 Å². The van der Waals surface area contributed by atoms with Gasteiger partial charge in [0.2, 0.25) is 0 Å². The zero-order valence-electron chi connectivity index (χ0n) is 26.2. The van der Waals surface area contributed by atoms with Gasteiger partial charge in [-0.05, 0) is 44.9 Å². The Kier molecular flexibility index (Phi) is 29.1. The van der Waals surface area contributed by atoms with Crippen LogP contribution in [-0.2, 0) is 19.1 Å². The fourth-order valence-corrected chi connectivity index (χ4v) is 4.18. The summed E-state index contributed by atoms with van der Waals surface area (Å²) in [5.41, 5.74) is 0. The first-order chi connectivity index (χ1) is 20.0. The normalized spacial score (nSPS) is 13.6. The lowest BCUT2D eigenvalue weighted by molar-refractivity contribution is -0.161. The zero-order valence-corrected chi connectivity index (χ0v) is 26.2. The molecule has 0 spiro atoms. The Morgan fingerprint density at radius 2 is 1.27 bits per heavy atom. The number of esters is 2. The topological polar surface area (TPSA) is 93.1 Å². The molecule has 0 saturated carbocycles. The van der Waals surface area contributed by atoms with E-state index in [0.717, 1.165) is 38.5 Å². The van der Waals surface area contributed by atoms with Crippen LogP contribution in [0, 0.1) is 0 Å². The van der Waals surface area contributed by atoms with Gasteiger partial charge in [-0.2, -0.15) is 0 Å². The van der Waals surface area contributed by atoms with E-state index >= 15 is 0 Å². The van der Waals surface area contributed by atoms with Gasteiger partial charge in [-0.15, -0.1) is 0 Å². The minimum absolute atomic E-state index is 0.156. The highest BCUT2D eigenvalue weighted by molar-refractivity contribution is 5.70. The lowest BCUT2D eigenvalue weighted by atomic mass is 10.1. The molecule has 6 nitrogen and oxygen atoms in total. The maximum absolute atomic E-state index is 12.0. The lowest BCUT2D eigenvalue weighted by Crippen LogP contribution is -2.28. The van der Waals surface area contributed by atoms with E-state index in [1.807, 2.05) is 18.2 Å². The van der Waals surface area contributed by atoms with Crippen molar-refractivity contribution in [3.8, 4) is 0 Å². The van der Waals surface area contributed by atoms with Crippen molar-refractivity contribution >= 4 is 11.9 Å². The Morgan fingerprint density at radius 3 is 1.95 bits per heavy atom. The molecular formula is C35H60O6. The van der Waals surface area contributed by atoms with E-state index in [0.29, 0.717) is 19.3 Å². The van der Waals surface area contributed by atoms with E-state index < -0.39 is 18.2 Å². The van der Waals surface area contributed by atoms with E-state index in [1.54, 1.807) is 6.08 Å². The number of allylic oxidation sites excluding steroid dienone is 7. The summed E-state index contributed by atoms with van der Waals surface area (Å²) in [6.45, 7) is 3.89. The first-order valence-corrected chi connectivity index (χ1v) is 16.3. The van der Waals surface area contributed by atoms with Gasteiger partial charge in [-0.3, -0.25) is 9.59 Å². The average molecular weight is 577 g/mol. The van der Waals surface area contributed by atoms with Crippen LogP contribution >= 0.6 is 0 Å². The van der Waals surface area contributed by atoms with Crippen LogP contribution in [0.5, 0.6) is 0 Å². The highest BCUT2D eigenvalue weighted by atomic mass is 16.6. The van der Waals surface area contributed by atoms with Gasteiger partial charge in [0.05, 0.1) is 12.7 Å². The van der Waals surface area contributed by atoms with Gasteiger partial charge in [0.15, 0.2) is 6.10 Å². The van der Waals surface area contributed by atoms with E-state index in [-0.39, 0.29) is 25.6 Å². The summed E-state index contributed by atoms with van der Waals surface area (Å²) >= 11 is 0. The Bertz CT molecular complexity index is 724. The van der Waals surface area contributed by atoms with E-state index in [1.165, 1.54) is 57.8 Å². The maximum Gasteiger partial charge on any atom is 0.306 e. The third-order valence-electron chi connectivity index (χ3n) is 6.73. The summed E-state index contributed by atoms with van der Waals surface area (Å²) in [4.78, 5) is 24.0. The van der Waals surface area contributed by atoms with Gasteiger partial charge < -0.3 is 19.7 Å². The molecule has 0 unspecified atom stereocenters. The molecule has 0 aliphatic rings. The van der Waals surface area contributed by atoms with Gasteiger partial charge in [0.1, 0.15) is 6.61 Å². The molecule has 0 amide bonds. The molecule has 0 aromatic carbocycles. The van der Waals surface area contributed by atoms with Gasteiger partial charge in [-0.25, -0.2) is 0 Å². The number of carbonyl (C=O) groups excluding carboxylic acids is 2. The van der Waals surface area contributed by atoms with Crippen molar-refractivity contribution < 1.29 is 29.3 Å². The number of rotatable bonds is 28. The SMILES string of the molecule is CCCCC/C=C\C/C=C\C/C=C\C=C\[C@@H](O)CCCC(=O)OC[C@H](CO)OC(=O)CCCCCCCCCCC. The molecule has 41 heavy (non-hydrogen) atoms. The smallest absolute Gasteiger partial charge is 0.306 e. The molecule has 0 aliphatic carbocycles. The number of aliphatic hydroxyl groups excluding tert-OH is 2. The van der Waals surface area contributed by atoms with Gasteiger partial charge in [0.25, 0.3) is 0 Å². The van der Waals surface area contributed by atoms with Crippen molar-refractivity contribution in [2.24, 2.45) is 0 Å². The van der Waals surface area contributed by atoms with Crippen LogP contribution in [0.15, 0.2) is 48.6 Å². The largest absolute Gasteiger partial charge is 0.462 e. The molecule has 0 aliphatic heterocycles. The van der Waals surface area contributed by atoms with Crippen LogP contribution in [0.4, 0.5) is 0 Å². The molecule has 0 aromatic heterocycles. The highest BCUT2D eigenvalue weighted by Crippen LogP contribution is 2.11. The van der Waals surface area contributed by atoms with Crippen LogP contribution in [-0.4, -0.2) is 47.6 Å². The minimum atomic E-state index is -0.841. The van der Waals surface area contributed by atoms with Crippen molar-refractivity contribution in [1.29, 1.82) is 0 Å². The zero-order chi connectivity index (χ0) is 30.2. The van der Waals surface area contributed by atoms with Crippen LogP contribution in [0.25, 0.3) is 0 Å². The molecule has 0 heterocycles. The minimum Gasteiger partial charge on any atom is -0.462 e. The number of hydrogen-bond acceptors (Lipinski definition) is 6. The Balaban J connectivity index is 3.85. The van der Waals surface area contributed by atoms with Crippen molar-refractivity contribution in [3.63, 3.8) is 0 Å².